The predicted molar refractivity (Wildman–Crippen MR) is 156 cm³/mol. The lowest BCUT2D eigenvalue weighted by Crippen LogP contribution is -2.47. The number of aromatic nitrogens is 1. The fourth-order valence-corrected chi connectivity index (χ4v) is 6.07. The van der Waals surface area contributed by atoms with E-state index in [0.717, 1.165) is 30.2 Å². The van der Waals surface area contributed by atoms with Crippen LogP contribution in [0.15, 0.2) is 71.7 Å². The molecule has 226 valence electrons. The summed E-state index contributed by atoms with van der Waals surface area (Å²) in [5.74, 6) is -2.12. The highest BCUT2D eigenvalue weighted by Crippen LogP contribution is 2.42. The Bertz CT molecular complexity index is 1640. The minimum atomic E-state index is -5.14. The molecule has 0 spiro atoms. The van der Waals surface area contributed by atoms with Gasteiger partial charge in [0, 0.05) is 62.4 Å². The highest BCUT2D eigenvalue weighted by atomic mass is 19.4. The number of hydrogen-bond acceptors (Lipinski definition) is 5. The third-order valence-corrected chi connectivity index (χ3v) is 8.23. The van der Waals surface area contributed by atoms with Gasteiger partial charge in [-0.15, -0.1) is 13.2 Å². The van der Waals surface area contributed by atoms with Gasteiger partial charge < -0.3 is 24.4 Å². The molecule has 0 radical (unpaired) electrons. The lowest BCUT2D eigenvalue weighted by Gasteiger charge is -2.38. The van der Waals surface area contributed by atoms with Gasteiger partial charge in [0.05, 0.1) is 5.39 Å². The Kier molecular flexibility index (Phi) is 8.00. The van der Waals surface area contributed by atoms with Gasteiger partial charge in [0.1, 0.15) is 17.0 Å². The Hall–Kier alpha value is -4.12. The first-order valence-electron chi connectivity index (χ1n) is 14.4. The third kappa shape index (κ3) is 6.31. The van der Waals surface area contributed by atoms with Crippen LogP contribution in [0.1, 0.15) is 31.2 Å². The number of alkyl halides is 3. The molecule has 4 aromatic rings. The standard InChI is InChI=1S/C32H31F5N4O2/c33-22-7-11-24(12-8-22)39-15-17-40(18-16-39)30-27(34)19-26-28(42)13-14-41(29(26)31(30)43-32(35,36)37)25-9-5-21(6-10-25)20-38-23-3-1-2-4-23/h5-14,19,23,38H,1-4,15-18,20H2. The van der Waals surface area contributed by atoms with Crippen LogP contribution in [0.25, 0.3) is 16.6 Å². The quantitative estimate of drug-likeness (QED) is 0.246. The molecule has 3 aromatic carbocycles. The van der Waals surface area contributed by atoms with Crippen molar-refractivity contribution in [1.29, 1.82) is 0 Å². The van der Waals surface area contributed by atoms with Crippen LogP contribution in [-0.4, -0.2) is 43.2 Å². The Balaban J connectivity index is 1.37. The number of fused-ring (bicyclic) bond motifs is 1. The smallest absolute Gasteiger partial charge is 0.401 e. The van der Waals surface area contributed by atoms with Gasteiger partial charge in [-0.1, -0.05) is 25.0 Å². The van der Waals surface area contributed by atoms with Crippen molar-refractivity contribution in [3.05, 3.63) is 94.3 Å². The van der Waals surface area contributed by atoms with E-state index in [4.69, 9.17) is 0 Å². The molecular formula is C32H31F5N4O2. The highest BCUT2D eigenvalue weighted by Gasteiger charge is 2.37. The summed E-state index contributed by atoms with van der Waals surface area (Å²) in [5, 5.41) is 3.31. The average molecular weight is 599 g/mol. The van der Waals surface area contributed by atoms with Crippen LogP contribution in [0, 0.1) is 11.6 Å². The molecule has 0 amide bonds. The van der Waals surface area contributed by atoms with Crippen LogP contribution < -0.4 is 25.3 Å². The van der Waals surface area contributed by atoms with Crippen LogP contribution in [0.2, 0.25) is 0 Å². The molecule has 43 heavy (non-hydrogen) atoms. The molecule has 2 fully saturated rings. The first-order chi connectivity index (χ1) is 20.7. The Morgan fingerprint density at radius 2 is 1.47 bits per heavy atom. The summed E-state index contributed by atoms with van der Waals surface area (Å²) in [6.45, 7) is 1.72. The van der Waals surface area contributed by atoms with Gasteiger partial charge in [-0.2, -0.15) is 0 Å². The lowest BCUT2D eigenvalue weighted by atomic mass is 10.1. The maximum atomic E-state index is 15.7. The van der Waals surface area contributed by atoms with Crippen LogP contribution in [0.5, 0.6) is 5.75 Å². The molecule has 1 aliphatic carbocycles. The zero-order valence-electron chi connectivity index (χ0n) is 23.3. The molecule has 0 unspecified atom stereocenters. The Morgan fingerprint density at radius 1 is 0.837 bits per heavy atom. The van der Waals surface area contributed by atoms with E-state index in [1.54, 1.807) is 24.3 Å². The van der Waals surface area contributed by atoms with Crippen molar-refractivity contribution in [2.75, 3.05) is 36.0 Å². The van der Waals surface area contributed by atoms with Crippen LogP contribution in [0.3, 0.4) is 0 Å². The molecule has 6 nitrogen and oxygen atoms in total. The first-order valence-corrected chi connectivity index (χ1v) is 14.4. The number of ether oxygens (including phenoxy) is 1. The molecule has 2 aliphatic rings. The molecule has 6 rings (SSSR count). The molecule has 1 saturated heterocycles. The molecule has 1 aromatic heterocycles. The molecule has 11 heteroatoms. The van der Waals surface area contributed by atoms with Crippen molar-refractivity contribution < 1.29 is 26.7 Å². The van der Waals surface area contributed by atoms with Crippen LogP contribution in [-0.2, 0) is 6.54 Å². The van der Waals surface area contributed by atoms with Gasteiger partial charge in [0.15, 0.2) is 17.0 Å². The lowest BCUT2D eigenvalue weighted by molar-refractivity contribution is -0.274. The van der Waals surface area contributed by atoms with Gasteiger partial charge in [-0.05, 0) is 60.9 Å². The summed E-state index contributed by atoms with van der Waals surface area (Å²) >= 11 is 0. The van der Waals surface area contributed by atoms with Crippen molar-refractivity contribution in [2.45, 2.75) is 44.6 Å². The number of piperazine rings is 1. The molecule has 0 atom stereocenters. The fourth-order valence-electron chi connectivity index (χ4n) is 6.07. The monoisotopic (exact) mass is 598 g/mol. The molecule has 1 N–H and O–H groups in total. The topological polar surface area (TPSA) is 49.7 Å². The SMILES string of the molecule is O=c1ccn(-c2ccc(CNC3CCCC3)cc2)c2c(OC(F)(F)F)c(N3CCN(c4ccc(F)cc4)CC3)c(F)cc12. The molecule has 0 bridgehead atoms. The number of rotatable bonds is 7. The zero-order chi connectivity index (χ0) is 30.1. The number of anilines is 2. The van der Waals surface area contributed by atoms with Gasteiger partial charge >= 0.3 is 6.36 Å². The summed E-state index contributed by atoms with van der Waals surface area (Å²) in [5.41, 5.74) is 1.11. The van der Waals surface area contributed by atoms with E-state index >= 15 is 4.39 Å². The minimum absolute atomic E-state index is 0.168. The van der Waals surface area contributed by atoms with Gasteiger partial charge in [0.2, 0.25) is 0 Å². The Morgan fingerprint density at radius 3 is 2.12 bits per heavy atom. The van der Waals surface area contributed by atoms with Crippen molar-refractivity contribution >= 4 is 22.3 Å². The highest BCUT2D eigenvalue weighted by molar-refractivity contribution is 5.92. The van der Waals surface area contributed by atoms with E-state index in [1.807, 2.05) is 17.0 Å². The second-order valence-electron chi connectivity index (χ2n) is 11.0. The molecule has 1 aliphatic heterocycles. The van der Waals surface area contributed by atoms with Crippen molar-refractivity contribution in [3.63, 3.8) is 0 Å². The summed E-state index contributed by atoms with van der Waals surface area (Å²) in [7, 11) is 0. The van der Waals surface area contributed by atoms with Gasteiger partial charge in [0.25, 0.3) is 0 Å². The van der Waals surface area contributed by atoms with Crippen molar-refractivity contribution in [2.24, 2.45) is 0 Å². The number of nitrogens with one attached hydrogen (secondary N) is 1. The first kappa shape index (κ1) is 29.0. The summed E-state index contributed by atoms with van der Waals surface area (Å²) < 4.78 is 76.6. The zero-order valence-corrected chi connectivity index (χ0v) is 23.3. The predicted octanol–water partition coefficient (Wildman–Crippen LogP) is 6.53. The second-order valence-corrected chi connectivity index (χ2v) is 11.0. The third-order valence-electron chi connectivity index (χ3n) is 8.23. The van der Waals surface area contributed by atoms with Crippen molar-refractivity contribution in [1.82, 2.24) is 9.88 Å². The fraction of sp³-hybridized carbons (Fsp3) is 0.344. The summed E-state index contributed by atoms with van der Waals surface area (Å²) in [6.07, 6.45) is 0.953. The van der Waals surface area contributed by atoms with Crippen LogP contribution >= 0.6 is 0 Å². The number of nitrogens with zero attached hydrogens (tertiary/aromatic N) is 3. The maximum absolute atomic E-state index is 15.7. The van der Waals surface area contributed by atoms with Crippen molar-refractivity contribution in [3.8, 4) is 11.4 Å². The number of halogens is 5. The molecule has 2 heterocycles. The van der Waals surface area contributed by atoms with Gasteiger partial charge in [-0.3, -0.25) is 4.79 Å². The Labute approximate surface area is 245 Å². The number of pyridine rings is 1. The maximum Gasteiger partial charge on any atom is 0.573 e. The average Bonchev–Trinajstić information content (AvgIpc) is 3.51. The van der Waals surface area contributed by atoms with E-state index in [1.165, 1.54) is 46.7 Å². The number of benzene rings is 3. The van der Waals surface area contributed by atoms with E-state index in [9.17, 15) is 22.4 Å². The summed E-state index contributed by atoms with van der Waals surface area (Å²) in [6, 6.07) is 15.9. The van der Waals surface area contributed by atoms with E-state index in [2.05, 4.69) is 10.1 Å². The second kappa shape index (κ2) is 11.9. The summed E-state index contributed by atoms with van der Waals surface area (Å²) in [4.78, 5) is 16.3. The van der Waals surface area contributed by atoms with E-state index in [-0.39, 0.29) is 35.5 Å². The van der Waals surface area contributed by atoms with Crippen LogP contribution in [0.4, 0.5) is 33.3 Å². The number of hydrogen-bond donors (Lipinski definition) is 1. The van der Waals surface area contributed by atoms with E-state index < -0.39 is 23.4 Å². The molecular weight excluding hydrogens is 567 g/mol. The molecule has 1 saturated carbocycles. The van der Waals surface area contributed by atoms with Gasteiger partial charge in [-0.25, -0.2) is 8.78 Å². The minimum Gasteiger partial charge on any atom is -0.401 e. The largest absolute Gasteiger partial charge is 0.573 e. The normalized spacial score (nSPS) is 16.3. The van der Waals surface area contributed by atoms with E-state index in [0.29, 0.717) is 31.4 Å².